The Kier molecular flexibility index (Phi) is 6.49. The Balaban J connectivity index is 1.62. The maximum Gasteiger partial charge on any atom is 0.416 e. The molecule has 1 aliphatic heterocycles. The summed E-state index contributed by atoms with van der Waals surface area (Å²) in [6, 6.07) is 7.02. The fourth-order valence-electron chi connectivity index (χ4n) is 4.20. The first kappa shape index (κ1) is 23.6. The number of aromatic nitrogens is 3. The highest BCUT2D eigenvalue weighted by atomic mass is 19.4. The molecule has 1 amide bonds. The second kappa shape index (κ2) is 9.36. The SMILES string of the molecule is CC1CC(C(C)Oc2cc(C(F)(F)F)ccn2)N(C(=O)c2cccc(F)c2-c2ncccn2)C1. The molecule has 6 nitrogen and oxygen atoms in total. The van der Waals surface area contributed by atoms with Gasteiger partial charge < -0.3 is 9.64 Å². The Labute approximate surface area is 193 Å². The molecule has 0 aliphatic carbocycles. The van der Waals surface area contributed by atoms with E-state index in [0.717, 1.165) is 18.3 Å². The number of alkyl halides is 3. The van der Waals surface area contributed by atoms with Gasteiger partial charge >= 0.3 is 6.18 Å². The number of carbonyl (C=O) groups excluding carboxylic acids is 1. The summed E-state index contributed by atoms with van der Waals surface area (Å²) < 4.78 is 59.6. The van der Waals surface area contributed by atoms with Gasteiger partial charge in [-0.15, -0.1) is 0 Å². The molecule has 2 aromatic heterocycles. The van der Waals surface area contributed by atoms with Gasteiger partial charge in [0.1, 0.15) is 11.9 Å². The van der Waals surface area contributed by atoms with Crippen molar-refractivity contribution >= 4 is 5.91 Å². The molecular formula is C24H22F4N4O2. The zero-order chi connectivity index (χ0) is 24.5. The van der Waals surface area contributed by atoms with Crippen LogP contribution in [0.2, 0.25) is 0 Å². The lowest BCUT2D eigenvalue weighted by molar-refractivity contribution is -0.137. The molecular weight excluding hydrogens is 452 g/mol. The van der Waals surface area contributed by atoms with Gasteiger partial charge in [-0.2, -0.15) is 13.2 Å². The number of nitrogens with zero attached hydrogens (tertiary/aromatic N) is 4. The normalized spacial score (nSPS) is 19.2. The van der Waals surface area contributed by atoms with Gasteiger partial charge in [0.2, 0.25) is 5.88 Å². The van der Waals surface area contributed by atoms with Gasteiger partial charge in [-0.05, 0) is 43.5 Å². The number of pyridine rings is 1. The van der Waals surface area contributed by atoms with Crippen LogP contribution in [0, 0.1) is 11.7 Å². The van der Waals surface area contributed by atoms with E-state index in [-0.39, 0.29) is 28.7 Å². The van der Waals surface area contributed by atoms with E-state index in [1.54, 1.807) is 17.9 Å². The van der Waals surface area contributed by atoms with E-state index in [1.807, 2.05) is 6.92 Å². The summed E-state index contributed by atoms with van der Waals surface area (Å²) in [5, 5.41) is 0. The molecule has 3 atom stereocenters. The smallest absolute Gasteiger partial charge is 0.416 e. The largest absolute Gasteiger partial charge is 0.472 e. The molecule has 0 radical (unpaired) electrons. The second-order valence-electron chi connectivity index (χ2n) is 8.30. The Bertz CT molecular complexity index is 1170. The minimum atomic E-state index is -4.53. The number of hydrogen-bond acceptors (Lipinski definition) is 5. The van der Waals surface area contributed by atoms with Gasteiger partial charge in [0, 0.05) is 31.2 Å². The second-order valence-corrected chi connectivity index (χ2v) is 8.30. The van der Waals surface area contributed by atoms with Crippen molar-refractivity contribution < 1.29 is 27.1 Å². The van der Waals surface area contributed by atoms with Gasteiger partial charge in [-0.3, -0.25) is 4.79 Å². The molecule has 1 saturated heterocycles. The fraction of sp³-hybridized carbons (Fsp3) is 0.333. The van der Waals surface area contributed by atoms with E-state index in [9.17, 15) is 22.4 Å². The van der Waals surface area contributed by atoms with Gasteiger partial charge in [-0.25, -0.2) is 19.3 Å². The van der Waals surface area contributed by atoms with Crippen LogP contribution in [0.5, 0.6) is 5.88 Å². The first-order valence-corrected chi connectivity index (χ1v) is 10.7. The topological polar surface area (TPSA) is 68.2 Å². The van der Waals surface area contributed by atoms with Crippen LogP contribution < -0.4 is 4.74 Å². The number of hydrogen-bond donors (Lipinski definition) is 0. The maximum absolute atomic E-state index is 14.8. The number of halogens is 4. The molecule has 4 rings (SSSR count). The van der Waals surface area contributed by atoms with E-state index in [1.165, 1.54) is 30.6 Å². The summed E-state index contributed by atoms with van der Waals surface area (Å²) in [7, 11) is 0. The predicted molar refractivity (Wildman–Crippen MR) is 115 cm³/mol. The molecule has 34 heavy (non-hydrogen) atoms. The number of amides is 1. The van der Waals surface area contributed by atoms with Gasteiger partial charge in [0.15, 0.2) is 5.82 Å². The van der Waals surface area contributed by atoms with E-state index in [0.29, 0.717) is 13.0 Å². The summed E-state index contributed by atoms with van der Waals surface area (Å²) >= 11 is 0. The van der Waals surface area contributed by atoms with Crippen molar-refractivity contribution in [2.45, 2.75) is 38.6 Å². The highest BCUT2D eigenvalue weighted by Crippen LogP contribution is 2.33. The minimum Gasteiger partial charge on any atom is -0.472 e. The monoisotopic (exact) mass is 474 g/mol. The molecule has 10 heteroatoms. The Morgan fingerprint density at radius 3 is 2.56 bits per heavy atom. The fourth-order valence-corrected chi connectivity index (χ4v) is 4.20. The van der Waals surface area contributed by atoms with Crippen LogP contribution >= 0.6 is 0 Å². The van der Waals surface area contributed by atoms with E-state index in [2.05, 4.69) is 15.0 Å². The quantitative estimate of drug-likeness (QED) is 0.486. The minimum absolute atomic E-state index is 0.000445. The van der Waals surface area contributed by atoms with Crippen LogP contribution in [0.1, 0.15) is 36.2 Å². The van der Waals surface area contributed by atoms with Crippen LogP contribution in [0.4, 0.5) is 17.6 Å². The maximum atomic E-state index is 14.8. The van der Waals surface area contributed by atoms with Gasteiger partial charge in [0.25, 0.3) is 5.91 Å². The summed E-state index contributed by atoms with van der Waals surface area (Å²) in [4.78, 5) is 27.2. The Hall–Kier alpha value is -3.56. The van der Waals surface area contributed by atoms with Crippen LogP contribution in [0.3, 0.4) is 0 Å². The number of ether oxygens (including phenoxy) is 1. The molecule has 3 unspecified atom stereocenters. The molecule has 3 aromatic rings. The third-order valence-corrected chi connectivity index (χ3v) is 5.76. The van der Waals surface area contributed by atoms with Crippen molar-refractivity contribution in [3.05, 3.63) is 71.9 Å². The van der Waals surface area contributed by atoms with Crippen molar-refractivity contribution in [2.75, 3.05) is 6.54 Å². The predicted octanol–water partition coefficient (Wildman–Crippen LogP) is 5.01. The molecule has 1 aliphatic rings. The van der Waals surface area contributed by atoms with Crippen molar-refractivity contribution in [3.63, 3.8) is 0 Å². The Morgan fingerprint density at radius 1 is 1.12 bits per heavy atom. The van der Waals surface area contributed by atoms with E-state index in [4.69, 9.17) is 4.74 Å². The molecule has 1 fully saturated rings. The number of likely N-dealkylation sites (tertiary alicyclic amines) is 1. The van der Waals surface area contributed by atoms with Crippen LogP contribution in [0.25, 0.3) is 11.4 Å². The first-order chi connectivity index (χ1) is 16.1. The number of benzene rings is 1. The summed E-state index contributed by atoms with van der Waals surface area (Å²) in [5.41, 5.74) is -0.765. The summed E-state index contributed by atoms with van der Waals surface area (Å²) in [6.07, 6.45) is -0.664. The Morgan fingerprint density at radius 2 is 1.85 bits per heavy atom. The van der Waals surface area contributed by atoms with Crippen molar-refractivity contribution in [1.29, 1.82) is 0 Å². The zero-order valence-electron chi connectivity index (χ0n) is 18.5. The highest BCUT2D eigenvalue weighted by Gasteiger charge is 2.39. The van der Waals surface area contributed by atoms with Crippen LogP contribution in [-0.4, -0.2) is 44.4 Å². The lowest BCUT2D eigenvalue weighted by Gasteiger charge is -2.30. The number of rotatable bonds is 5. The molecule has 3 heterocycles. The molecule has 0 spiro atoms. The van der Waals surface area contributed by atoms with Gasteiger partial charge in [0.05, 0.1) is 22.7 Å². The lowest BCUT2D eigenvalue weighted by Crippen LogP contribution is -2.44. The zero-order valence-corrected chi connectivity index (χ0v) is 18.5. The molecule has 0 saturated carbocycles. The third-order valence-electron chi connectivity index (χ3n) is 5.76. The van der Waals surface area contributed by atoms with Crippen molar-refractivity contribution in [2.24, 2.45) is 5.92 Å². The van der Waals surface area contributed by atoms with Crippen LogP contribution in [0.15, 0.2) is 55.0 Å². The van der Waals surface area contributed by atoms with Crippen LogP contribution in [-0.2, 0) is 6.18 Å². The molecule has 0 bridgehead atoms. The number of carbonyl (C=O) groups is 1. The van der Waals surface area contributed by atoms with Crippen molar-refractivity contribution in [3.8, 4) is 17.3 Å². The average molecular weight is 474 g/mol. The van der Waals surface area contributed by atoms with Crippen molar-refractivity contribution in [1.82, 2.24) is 19.9 Å². The summed E-state index contributed by atoms with van der Waals surface area (Å²) in [6.45, 7) is 4.03. The molecule has 178 valence electrons. The standard InChI is InChI=1S/C24H22F4N4O2/c1-14-11-19(15(2)34-20-12-16(7-10-29-20)24(26,27)28)32(13-14)23(33)17-5-3-6-18(25)21(17)22-30-8-4-9-31-22/h3-10,12,14-15,19H,11,13H2,1-2H3. The third kappa shape index (κ3) is 4.85. The molecule has 1 aromatic carbocycles. The first-order valence-electron chi connectivity index (χ1n) is 10.7. The lowest BCUT2D eigenvalue weighted by atomic mass is 10.0. The summed E-state index contributed by atoms with van der Waals surface area (Å²) in [5.74, 6) is -1.04. The average Bonchev–Trinajstić information content (AvgIpc) is 3.20. The van der Waals surface area contributed by atoms with Gasteiger partial charge in [-0.1, -0.05) is 13.0 Å². The molecule has 0 N–H and O–H groups in total. The highest BCUT2D eigenvalue weighted by molar-refractivity contribution is 6.00. The van der Waals surface area contributed by atoms with E-state index >= 15 is 0 Å². The van der Waals surface area contributed by atoms with E-state index < -0.39 is 35.6 Å².